The van der Waals surface area contributed by atoms with Gasteiger partial charge in [-0.25, -0.2) is 0 Å². The van der Waals surface area contributed by atoms with Gasteiger partial charge in [-0.15, -0.1) is 0 Å². The Morgan fingerprint density at radius 2 is 1.42 bits per heavy atom. The highest BCUT2D eigenvalue weighted by molar-refractivity contribution is 6.02. The molecule has 0 aliphatic carbocycles. The van der Waals surface area contributed by atoms with Crippen LogP contribution in [0.25, 0.3) is 21.5 Å². The van der Waals surface area contributed by atoms with E-state index in [0.29, 0.717) is 6.04 Å². The van der Waals surface area contributed by atoms with E-state index in [1.165, 1.54) is 34.4 Å². The van der Waals surface area contributed by atoms with Gasteiger partial charge in [0.25, 0.3) is 0 Å². The minimum absolute atomic E-state index is 0.496. The van der Waals surface area contributed by atoms with Gasteiger partial charge in [0, 0.05) is 32.2 Å². The first-order valence-electron chi connectivity index (χ1n) is 10.1. The normalized spacial score (nSPS) is 17.2. The number of hydrogen-bond donors (Lipinski definition) is 1. The van der Waals surface area contributed by atoms with Crippen LogP contribution >= 0.6 is 0 Å². The highest BCUT2D eigenvalue weighted by atomic mass is 15.2. The quantitative estimate of drug-likeness (QED) is 0.624. The fraction of sp³-hybridized carbons (Fsp3) is 0.417. The monoisotopic (exact) mass is 346 g/mol. The van der Waals surface area contributed by atoms with Gasteiger partial charge in [-0.1, -0.05) is 62.4 Å². The van der Waals surface area contributed by atoms with Crippen LogP contribution in [0.3, 0.4) is 0 Å². The van der Waals surface area contributed by atoms with Crippen LogP contribution in [0, 0.1) is 5.92 Å². The van der Waals surface area contributed by atoms with E-state index in [2.05, 4.69) is 78.7 Å². The summed E-state index contributed by atoms with van der Waals surface area (Å²) in [5, 5.41) is 9.11. The molecule has 2 nitrogen and oxygen atoms in total. The summed E-state index contributed by atoms with van der Waals surface area (Å²) < 4.78 is 0. The molecule has 1 saturated heterocycles. The van der Waals surface area contributed by atoms with Crippen molar-refractivity contribution in [1.29, 1.82) is 0 Å². The van der Waals surface area contributed by atoms with Crippen molar-refractivity contribution in [2.75, 3.05) is 26.2 Å². The van der Waals surface area contributed by atoms with Crippen molar-refractivity contribution in [3.8, 4) is 0 Å². The number of piperazine rings is 1. The van der Waals surface area contributed by atoms with Crippen molar-refractivity contribution in [3.05, 3.63) is 60.2 Å². The second kappa shape index (κ2) is 7.77. The molecule has 1 aliphatic rings. The van der Waals surface area contributed by atoms with Crippen LogP contribution in [0.5, 0.6) is 0 Å². The molecule has 0 aromatic heterocycles. The zero-order chi connectivity index (χ0) is 17.9. The molecule has 0 amide bonds. The average molecular weight is 347 g/mol. The van der Waals surface area contributed by atoms with Crippen molar-refractivity contribution in [2.24, 2.45) is 5.92 Å². The summed E-state index contributed by atoms with van der Waals surface area (Å²) in [5.41, 5.74) is 1.54. The van der Waals surface area contributed by atoms with Crippen LogP contribution < -0.4 is 5.32 Å². The molecule has 1 N–H and O–H groups in total. The molecule has 1 aliphatic heterocycles. The van der Waals surface area contributed by atoms with Crippen LogP contribution in [-0.4, -0.2) is 31.1 Å². The van der Waals surface area contributed by atoms with Gasteiger partial charge in [-0.3, -0.25) is 4.90 Å². The van der Waals surface area contributed by atoms with Gasteiger partial charge < -0.3 is 5.32 Å². The van der Waals surface area contributed by atoms with Crippen LogP contribution in [0.4, 0.5) is 0 Å². The van der Waals surface area contributed by atoms with E-state index in [1.54, 1.807) is 5.56 Å². The third kappa shape index (κ3) is 3.49. The number of fused-ring (bicyclic) bond motifs is 2. The Morgan fingerprint density at radius 1 is 0.846 bits per heavy atom. The summed E-state index contributed by atoms with van der Waals surface area (Å²) in [6, 6.07) is 20.7. The second-order valence-electron chi connectivity index (χ2n) is 8.01. The standard InChI is InChI=1S/C24H30N2/c1-18(2)11-12-23(26-15-13-25-14-16-26)24-21-9-5-3-7-19(21)17-20-8-4-6-10-22(20)24/h3-10,17-18,23,25H,11-16H2,1-2H3/t23-/m0/s1. The lowest BCUT2D eigenvalue weighted by Gasteiger charge is -2.37. The zero-order valence-electron chi connectivity index (χ0n) is 16.0. The topological polar surface area (TPSA) is 15.3 Å². The molecule has 0 radical (unpaired) electrons. The summed E-state index contributed by atoms with van der Waals surface area (Å²) >= 11 is 0. The Kier molecular flexibility index (Phi) is 5.23. The summed E-state index contributed by atoms with van der Waals surface area (Å²) in [4.78, 5) is 2.72. The van der Waals surface area contributed by atoms with Crippen LogP contribution in [0.2, 0.25) is 0 Å². The summed E-state index contributed by atoms with van der Waals surface area (Å²) in [5.74, 6) is 0.738. The molecule has 4 rings (SSSR count). The summed E-state index contributed by atoms with van der Waals surface area (Å²) in [6.07, 6.45) is 2.50. The number of nitrogens with zero attached hydrogens (tertiary/aromatic N) is 1. The number of hydrogen-bond acceptors (Lipinski definition) is 2. The maximum Gasteiger partial charge on any atom is 0.0361 e. The van der Waals surface area contributed by atoms with Crippen molar-refractivity contribution in [2.45, 2.75) is 32.7 Å². The molecule has 136 valence electrons. The van der Waals surface area contributed by atoms with E-state index in [9.17, 15) is 0 Å². The molecule has 1 heterocycles. The van der Waals surface area contributed by atoms with E-state index in [1.807, 2.05) is 0 Å². The van der Waals surface area contributed by atoms with Crippen molar-refractivity contribution >= 4 is 21.5 Å². The third-order valence-electron chi connectivity index (χ3n) is 5.76. The lowest BCUT2D eigenvalue weighted by molar-refractivity contribution is 0.162. The lowest BCUT2D eigenvalue weighted by atomic mass is 9.88. The Balaban J connectivity index is 1.90. The molecule has 0 bridgehead atoms. The maximum atomic E-state index is 3.52. The SMILES string of the molecule is CC(C)CC[C@@H](c1c2ccccc2cc2ccccc12)N1CCNCC1. The van der Waals surface area contributed by atoms with Crippen molar-refractivity contribution < 1.29 is 0 Å². The molecule has 2 heteroatoms. The van der Waals surface area contributed by atoms with Crippen molar-refractivity contribution in [1.82, 2.24) is 10.2 Å². The van der Waals surface area contributed by atoms with Gasteiger partial charge in [-0.2, -0.15) is 0 Å². The van der Waals surface area contributed by atoms with Crippen LogP contribution in [0.15, 0.2) is 54.6 Å². The van der Waals surface area contributed by atoms with E-state index in [0.717, 1.165) is 32.1 Å². The first kappa shape index (κ1) is 17.5. The molecule has 3 aromatic carbocycles. The fourth-order valence-corrected chi connectivity index (χ4v) is 4.40. The van der Waals surface area contributed by atoms with E-state index >= 15 is 0 Å². The predicted molar refractivity (Wildman–Crippen MR) is 113 cm³/mol. The van der Waals surface area contributed by atoms with Crippen LogP contribution in [0.1, 0.15) is 38.3 Å². The smallest absolute Gasteiger partial charge is 0.0361 e. The highest BCUT2D eigenvalue weighted by Crippen LogP contribution is 2.38. The Bertz CT molecular complexity index is 824. The maximum absolute atomic E-state index is 3.52. The number of rotatable bonds is 5. The molecule has 1 atom stereocenters. The van der Waals surface area contributed by atoms with Gasteiger partial charge in [0.2, 0.25) is 0 Å². The zero-order valence-corrected chi connectivity index (χ0v) is 16.0. The van der Waals surface area contributed by atoms with E-state index in [4.69, 9.17) is 0 Å². The molecular weight excluding hydrogens is 316 g/mol. The van der Waals surface area contributed by atoms with Gasteiger partial charge in [-0.05, 0) is 51.9 Å². The molecular formula is C24H30N2. The minimum Gasteiger partial charge on any atom is -0.314 e. The first-order chi connectivity index (χ1) is 12.7. The fourth-order valence-electron chi connectivity index (χ4n) is 4.40. The summed E-state index contributed by atoms with van der Waals surface area (Å²) in [6.45, 7) is 9.16. The predicted octanol–water partition coefficient (Wildman–Crippen LogP) is 5.38. The molecule has 26 heavy (non-hydrogen) atoms. The number of nitrogens with one attached hydrogen (secondary N) is 1. The van der Waals surface area contributed by atoms with Gasteiger partial charge in [0.1, 0.15) is 0 Å². The van der Waals surface area contributed by atoms with E-state index in [-0.39, 0.29) is 0 Å². The molecule has 0 saturated carbocycles. The minimum atomic E-state index is 0.496. The van der Waals surface area contributed by atoms with Gasteiger partial charge in [0.05, 0.1) is 0 Å². The molecule has 1 fully saturated rings. The molecule has 3 aromatic rings. The Hall–Kier alpha value is -1.90. The lowest BCUT2D eigenvalue weighted by Crippen LogP contribution is -2.45. The molecule has 0 spiro atoms. The Morgan fingerprint density at radius 3 is 2.00 bits per heavy atom. The van der Waals surface area contributed by atoms with Gasteiger partial charge >= 0.3 is 0 Å². The average Bonchev–Trinajstić information content (AvgIpc) is 2.68. The third-order valence-corrected chi connectivity index (χ3v) is 5.76. The number of benzene rings is 3. The van der Waals surface area contributed by atoms with E-state index < -0.39 is 0 Å². The second-order valence-corrected chi connectivity index (χ2v) is 8.01. The summed E-state index contributed by atoms with van der Waals surface area (Å²) in [7, 11) is 0. The Labute approximate surface area is 157 Å². The van der Waals surface area contributed by atoms with Crippen molar-refractivity contribution in [3.63, 3.8) is 0 Å². The largest absolute Gasteiger partial charge is 0.314 e. The highest BCUT2D eigenvalue weighted by Gasteiger charge is 2.25. The van der Waals surface area contributed by atoms with Gasteiger partial charge in [0.15, 0.2) is 0 Å². The first-order valence-corrected chi connectivity index (χ1v) is 10.1. The molecule has 0 unspecified atom stereocenters. The van der Waals surface area contributed by atoms with Crippen LogP contribution in [-0.2, 0) is 0 Å².